The Hall–Kier alpha value is -2.21. The number of halogens is 1. The van der Waals surface area contributed by atoms with Crippen LogP contribution in [0.15, 0.2) is 69.1 Å². The number of hydrogen-bond donors (Lipinski definition) is 2. The van der Waals surface area contributed by atoms with Gasteiger partial charge in [-0.25, -0.2) is 13.4 Å². The molecule has 0 spiro atoms. The summed E-state index contributed by atoms with van der Waals surface area (Å²) in [6.07, 6.45) is 0. The van der Waals surface area contributed by atoms with E-state index in [1.54, 1.807) is 18.2 Å². The average molecular weight is 524 g/mol. The molecule has 3 rings (SSSR count). The Balaban J connectivity index is 1.65. The van der Waals surface area contributed by atoms with Gasteiger partial charge in [0.05, 0.1) is 11.4 Å². The van der Waals surface area contributed by atoms with Gasteiger partial charge in [-0.3, -0.25) is 9.89 Å². The van der Waals surface area contributed by atoms with Gasteiger partial charge in [0, 0.05) is 23.3 Å². The van der Waals surface area contributed by atoms with Gasteiger partial charge >= 0.3 is 0 Å². The smallest absolute Gasteiger partial charge is 0.243 e. The Labute approximate surface area is 194 Å². The van der Waals surface area contributed by atoms with Gasteiger partial charge in [-0.1, -0.05) is 58.0 Å². The minimum absolute atomic E-state index is 0.0865. The van der Waals surface area contributed by atoms with Gasteiger partial charge in [-0.05, 0) is 36.8 Å². The molecule has 1 amide bonds. The second-order valence-corrected chi connectivity index (χ2v) is 10.5. The van der Waals surface area contributed by atoms with Crippen LogP contribution in [0.25, 0.3) is 0 Å². The average Bonchev–Trinajstić information content (AvgIpc) is 3.18. The number of nitrogens with one attached hydrogen (secondary N) is 2. The van der Waals surface area contributed by atoms with Crippen molar-refractivity contribution < 1.29 is 13.2 Å². The SMILES string of the molecule is Cc1nc(SCCNC(=O)CN(Cc2ccc(Br)cc2)S(=O)(=O)c2ccccc2)n[nH]1. The second-order valence-electron chi connectivity index (χ2n) is 6.61. The van der Waals surface area contributed by atoms with Crippen LogP contribution >= 0.6 is 27.7 Å². The Morgan fingerprint density at radius 1 is 1.16 bits per heavy atom. The standard InChI is InChI=1S/C20H22BrN5O3S2/c1-15-23-20(25-24-15)30-12-11-22-19(27)14-26(13-16-7-9-17(21)10-8-16)31(28,29)18-5-3-2-4-6-18/h2-10H,11-14H2,1H3,(H,22,27)(H,23,24,25). The number of aromatic amines is 1. The monoisotopic (exact) mass is 523 g/mol. The molecule has 164 valence electrons. The molecule has 0 saturated heterocycles. The molecule has 0 atom stereocenters. The summed E-state index contributed by atoms with van der Waals surface area (Å²) in [6.45, 7) is 1.99. The quantitative estimate of drug-likeness (QED) is 0.312. The third-order valence-corrected chi connectivity index (χ3v) is 7.39. The minimum Gasteiger partial charge on any atom is -0.354 e. The first kappa shape index (κ1) is 23.5. The van der Waals surface area contributed by atoms with E-state index < -0.39 is 10.0 Å². The van der Waals surface area contributed by atoms with Crippen LogP contribution < -0.4 is 5.32 Å². The highest BCUT2D eigenvalue weighted by Crippen LogP contribution is 2.19. The summed E-state index contributed by atoms with van der Waals surface area (Å²) >= 11 is 4.78. The van der Waals surface area contributed by atoms with Crippen LogP contribution in [0.1, 0.15) is 11.4 Å². The van der Waals surface area contributed by atoms with Crippen LogP contribution in [0.4, 0.5) is 0 Å². The first-order valence-corrected chi connectivity index (χ1v) is 12.6. The molecular weight excluding hydrogens is 502 g/mol. The summed E-state index contributed by atoms with van der Waals surface area (Å²) in [4.78, 5) is 16.9. The van der Waals surface area contributed by atoms with Crippen molar-refractivity contribution in [1.29, 1.82) is 0 Å². The highest BCUT2D eigenvalue weighted by molar-refractivity contribution is 9.10. The number of thioether (sulfide) groups is 1. The zero-order chi connectivity index (χ0) is 22.3. The molecule has 8 nitrogen and oxygen atoms in total. The van der Waals surface area contributed by atoms with E-state index in [2.05, 4.69) is 36.4 Å². The second kappa shape index (κ2) is 10.9. The van der Waals surface area contributed by atoms with Gasteiger partial charge < -0.3 is 5.32 Å². The number of amides is 1. The maximum absolute atomic E-state index is 13.2. The molecule has 0 aliphatic rings. The van der Waals surface area contributed by atoms with E-state index in [0.717, 1.165) is 15.9 Å². The number of hydrogen-bond acceptors (Lipinski definition) is 6. The van der Waals surface area contributed by atoms with Gasteiger partial charge in [-0.15, -0.1) is 5.10 Å². The topological polar surface area (TPSA) is 108 Å². The number of rotatable bonds is 10. The van der Waals surface area contributed by atoms with Crippen LogP contribution in [0.5, 0.6) is 0 Å². The number of nitrogens with zero attached hydrogens (tertiary/aromatic N) is 3. The van der Waals surface area contributed by atoms with Gasteiger partial charge in [0.1, 0.15) is 5.82 Å². The van der Waals surface area contributed by atoms with E-state index in [1.165, 1.54) is 28.2 Å². The van der Waals surface area contributed by atoms with Crippen molar-refractivity contribution in [1.82, 2.24) is 24.8 Å². The van der Waals surface area contributed by atoms with E-state index in [4.69, 9.17) is 0 Å². The molecule has 0 unspecified atom stereocenters. The zero-order valence-corrected chi connectivity index (χ0v) is 20.0. The first-order chi connectivity index (χ1) is 14.8. The fourth-order valence-corrected chi connectivity index (χ4v) is 5.06. The molecule has 0 bridgehead atoms. The van der Waals surface area contributed by atoms with Crippen LogP contribution in [0.3, 0.4) is 0 Å². The van der Waals surface area contributed by atoms with Crippen LogP contribution in [0, 0.1) is 6.92 Å². The van der Waals surface area contributed by atoms with E-state index in [9.17, 15) is 13.2 Å². The van der Waals surface area contributed by atoms with E-state index in [1.807, 2.05) is 31.2 Å². The zero-order valence-electron chi connectivity index (χ0n) is 16.8. The lowest BCUT2D eigenvalue weighted by molar-refractivity contribution is -0.121. The van der Waals surface area contributed by atoms with E-state index in [0.29, 0.717) is 17.5 Å². The molecule has 2 aromatic carbocycles. The minimum atomic E-state index is -3.84. The number of aryl methyl sites for hydroxylation is 1. The van der Waals surface area contributed by atoms with Crippen molar-refractivity contribution in [3.8, 4) is 0 Å². The Bertz CT molecular complexity index is 1110. The highest BCUT2D eigenvalue weighted by atomic mass is 79.9. The van der Waals surface area contributed by atoms with Gasteiger partial charge in [-0.2, -0.15) is 4.31 Å². The first-order valence-electron chi connectivity index (χ1n) is 9.43. The number of carbonyl (C=O) groups is 1. The summed E-state index contributed by atoms with van der Waals surface area (Å²) in [5.41, 5.74) is 0.783. The molecule has 31 heavy (non-hydrogen) atoms. The normalized spacial score (nSPS) is 11.6. The Kier molecular flexibility index (Phi) is 8.24. The number of H-pyrrole nitrogens is 1. The lowest BCUT2D eigenvalue weighted by Gasteiger charge is -2.22. The fourth-order valence-electron chi connectivity index (χ4n) is 2.70. The molecule has 0 radical (unpaired) electrons. The van der Waals surface area contributed by atoms with E-state index in [-0.39, 0.29) is 23.9 Å². The van der Waals surface area contributed by atoms with Crippen LogP contribution in [0.2, 0.25) is 0 Å². The molecule has 0 fully saturated rings. The summed E-state index contributed by atoms with van der Waals surface area (Å²) in [6, 6.07) is 15.4. The number of sulfonamides is 1. The molecule has 3 aromatic rings. The maximum Gasteiger partial charge on any atom is 0.243 e. The molecule has 0 saturated carbocycles. The third-order valence-electron chi connectivity index (χ3n) is 4.21. The molecular formula is C20H22BrN5O3S2. The van der Waals surface area contributed by atoms with Crippen LogP contribution in [-0.2, 0) is 21.4 Å². The summed E-state index contributed by atoms with van der Waals surface area (Å²) in [5, 5.41) is 10.2. The largest absolute Gasteiger partial charge is 0.354 e. The summed E-state index contributed by atoms with van der Waals surface area (Å²) < 4.78 is 28.4. The lowest BCUT2D eigenvalue weighted by Crippen LogP contribution is -2.40. The predicted octanol–water partition coefficient (Wildman–Crippen LogP) is 2.98. The molecule has 1 heterocycles. The highest BCUT2D eigenvalue weighted by Gasteiger charge is 2.26. The molecule has 0 aliphatic carbocycles. The Morgan fingerprint density at radius 3 is 2.52 bits per heavy atom. The number of carbonyl (C=O) groups excluding carboxylic acids is 1. The molecule has 11 heteroatoms. The number of aromatic nitrogens is 3. The van der Waals surface area contributed by atoms with Crippen LogP contribution in [-0.4, -0.2) is 52.7 Å². The van der Waals surface area contributed by atoms with Crippen molar-refractivity contribution >= 4 is 43.6 Å². The van der Waals surface area contributed by atoms with Gasteiger partial charge in [0.15, 0.2) is 0 Å². The van der Waals surface area contributed by atoms with Crippen molar-refractivity contribution in [3.05, 3.63) is 70.5 Å². The molecule has 0 aliphatic heterocycles. The predicted molar refractivity (Wildman–Crippen MR) is 123 cm³/mol. The fraction of sp³-hybridized carbons (Fsp3) is 0.250. The summed E-state index contributed by atoms with van der Waals surface area (Å²) in [5.74, 6) is 0.922. The summed E-state index contributed by atoms with van der Waals surface area (Å²) in [7, 11) is -3.84. The van der Waals surface area contributed by atoms with Crippen molar-refractivity contribution in [2.24, 2.45) is 0 Å². The van der Waals surface area contributed by atoms with E-state index >= 15 is 0 Å². The lowest BCUT2D eigenvalue weighted by atomic mass is 10.2. The van der Waals surface area contributed by atoms with Crippen molar-refractivity contribution in [2.75, 3.05) is 18.8 Å². The molecule has 1 aromatic heterocycles. The van der Waals surface area contributed by atoms with Gasteiger partial charge in [0.2, 0.25) is 21.1 Å². The maximum atomic E-state index is 13.2. The van der Waals surface area contributed by atoms with Crippen molar-refractivity contribution in [2.45, 2.75) is 23.5 Å². The molecule has 2 N–H and O–H groups in total. The number of benzene rings is 2. The third kappa shape index (κ3) is 6.89. The van der Waals surface area contributed by atoms with Crippen molar-refractivity contribution in [3.63, 3.8) is 0 Å². The van der Waals surface area contributed by atoms with Gasteiger partial charge in [0.25, 0.3) is 0 Å². The Morgan fingerprint density at radius 2 is 1.87 bits per heavy atom.